The third kappa shape index (κ3) is 5.71. The molecule has 36 heavy (non-hydrogen) atoms. The minimum absolute atomic E-state index is 0.236. The Morgan fingerprint density at radius 3 is 2.28 bits per heavy atom. The fourth-order valence-corrected chi connectivity index (χ4v) is 4.43. The molecule has 1 saturated heterocycles. The highest BCUT2D eigenvalue weighted by Gasteiger charge is 2.31. The van der Waals surface area contributed by atoms with Crippen LogP contribution in [0.3, 0.4) is 0 Å². The first-order valence-corrected chi connectivity index (χ1v) is 11.8. The summed E-state index contributed by atoms with van der Waals surface area (Å²) >= 11 is 0. The van der Waals surface area contributed by atoms with Crippen molar-refractivity contribution in [3.8, 4) is 16.9 Å². The summed E-state index contributed by atoms with van der Waals surface area (Å²) < 4.78 is 41.4. The molecule has 5 nitrogen and oxygen atoms in total. The molecule has 1 N–H and O–H groups in total. The fraction of sp³-hybridized carbons (Fsp3) is 0.250. The highest BCUT2D eigenvalue weighted by molar-refractivity contribution is 5.94. The highest BCUT2D eigenvalue weighted by Crippen LogP contribution is 2.31. The number of nitrogens with one attached hydrogen (secondary N) is 1. The van der Waals surface area contributed by atoms with Crippen molar-refractivity contribution >= 4 is 23.2 Å². The summed E-state index contributed by atoms with van der Waals surface area (Å²) in [6.45, 7) is 4.74. The van der Waals surface area contributed by atoms with Gasteiger partial charge in [0.1, 0.15) is 5.75 Å². The van der Waals surface area contributed by atoms with Crippen molar-refractivity contribution in [2.24, 2.45) is 4.99 Å². The number of aliphatic imine (C=N–C) groups is 1. The number of ether oxygens (including phenoxy) is 1. The van der Waals surface area contributed by atoms with Crippen LogP contribution in [0.2, 0.25) is 0 Å². The number of nitrogens with zero attached hydrogens (tertiary/aromatic N) is 3. The maximum Gasteiger partial charge on any atom is 0.573 e. The Morgan fingerprint density at radius 2 is 1.58 bits per heavy atom. The van der Waals surface area contributed by atoms with E-state index in [0.29, 0.717) is 6.54 Å². The maximum atomic E-state index is 12.5. The average Bonchev–Trinajstić information content (AvgIpc) is 2.87. The van der Waals surface area contributed by atoms with Gasteiger partial charge in [0.25, 0.3) is 0 Å². The minimum Gasteiger partial charge on any atom is -0.406 e. The van der Waals surface area contributed by atoms with E-state index in [9.17, 15) is 13.2 Å². The molecule has 0 radical (unpaired) electrons. The normalized spacial score (nSPS) is 17.2. The molecule has 2 heterocycles. The average molecular weight is 493 g/mol. The summed E-state index contributed by atoms with van der Waals surface area (Å²) in [5.74, 6) is -0.236. The van der Waals surface area contributed by atoms with Crippen LogP contribution in [0.4, 0.5) is 24.5 Å². The van der Waals surface area contributed by atoms with Crippen LogP contribution in [0.5, 0.6) is 5.75 Å². The van der Waals surface area contributed by atoms with Crippen LogP contribution in [0.1, 0.15) is 11.1 Å². The number of fused-ring (bicyclic) bond motifs is 1. The molecule has 1 fully saturated rings. The van der Waals surface area contributed by atoms with Gasteiger partial charge in [-0.15, -0.1) is 13.2 Å². The Bertz CT molecular complexity index is 1260. The molecule has 2 aliphatic rings. The molecule has 0 amide bonds. The van der Waals surface area contributed by atoms with E-state index in [2.05, 4.69) is 56.2 Å². The number of halogens is 3. The number of rotatable bonds is 5. The van der Waals surface area contributed by atoms with Gasteiger partial charge in [0.2, 0.25) is 0 Å². The van der Waals surface area contributed by atoms with Crippen LogP contribution in [0, 0.1) is 0 Å². The maximum absolute atomic E-state index is 12.5. The number of benzene rings is 3. The van der Waals surface area contributed by atoms with Crippen molar-refractivity contribution in [3.63, 3.8) is 0 Å². The summed E-state index contributed by atoms with van der Waals surface area (Å²) in [5.41, 5.74) is 7.01. The molecule has 0 atom stereocenters. The van der Waals surface area contributed by atoms with Crippen molar-refractivity contribution in [1.82, 2.24) is 4.90 Å². The quantitative estimate of drug-likeness (QED) is 0.482. The lowest BCUT2D eigenvalue weighted by molar-refractivity contribution is -0.274. The van der Waals surface area contributed by atoms with Gasteiger partial charge in [-0.3, -0.25) is 4.99 Å². The first kappa shape index (κ1) is 23.9. The third-order valence-corrected chi connectivity index (χ3v) is 6.46. The van der Waals surface area contributed by atoms with E-state index < -0.39 is 6.36 Å². The number of hydrogen-bond donors (Lipinski definition) is 1. The first-order chi connectivity index (χ1) is 17.3. The minimum atomic E-state index is -4.70. The van der Waals surface area contributed by atoms with Crippen LogP contribution in [0.15, 0.2) is 77.9 Å². The highest BCUT2D eigenvalue weighted by atomic mass is 19.4. The number of likely N-dealkylation sites (N-methyl/N-ethyl adjacent to an activating group) is 1. The molecule has 0 bridgehead atoms. The lowest BCUT2D eigenvalue weighted by Gasteiger charge is -2.34. The van der Waals surface area contributed by atoms with Crippen LogP contribution in [-0.4, -0.2) is 57.2 Å². The molecule has 0 aromatic heterocycles. The predicted molar refractivity (Wildman–Crippen MR) is 139 cm³/mol. The van der Waals surface area contributed by atoms with E-state index in [1.807, 2.05) is 30.6 Å². The molecule has 3 aromatic rings. The van der Waals surface area contributed by atoms with Crippen molar-refractivity contribution < 1.29 is 17.9 Å². The predicted octanol–water partition coefficient (Wildman–Crippen LogP) is 5.89. The second-order valence-corrected chi connectivity index (χ2v) is 9.00. The Hall–Kier alpha value is -3.78. The second kappa shape index (κ2) is 10.1. The summed E-state index contributed by atoms with van der Waals surface area (Å²) in [6, 6.07) is 20.3. The molecule has 0 saturated carbocycles. The molecule has 2 aliphatic heterocycles. The van der Waals surface area contributed by atoms with E-state index in [4.69, 9.17) is 0 Å². The third-order valence-electron chi connectivity index (χ3n) is 6.46. The van der Waals surface area contributed by atoms with Gasteiger partial charge in [0.15, 0.2) is 0 Å². The molecule has 5 rings (SSSR count). The van der Waals surface area contributed by atoms with E-state index >= 15 is 0 Å². The van der Waals surface area contributed by atoms with Crippen molar-refractivity contribution in [2.45, 2.75) is 6.36 Å². The summed E-state index contributed by atoms with van der Waals surface area (Å²) in [7, 11) is 2.15. The summed E-state index contributed by atoms with van der Waals surface area (Å²) in [4.78, 5) is 9.21. The van der Waals surface area contributed by atoms with Crippen LogP contribution < -0.4 is 15.0 Å². The van der Waals surface area contributed by atoms with E-state index in [1.165, 1.54) is 17.8 Å². The van der Waals surface area contributed by atoms with Gasteiger partial charge in [0.05, 0.1) is 6.54 Å². The molecule has 0 aliphatic carbocycles. The van der Waals surface area contributed by atoms with Gasteiger partial charge < -0.3 is 19.9 Å². The number of anilines is 2. The second-order valence-electron chi connectivity index (χ2n) is 9.00. The lowest BCUT2D eigenvalue weighted by Crippen LogP contribution is -2.44. The number of piperazine rings is 1. The smallest absolute Gasteiger partial charge is 0.406 e. The zero-order valence-electron chi connectivity index (χ0n) is 19.9. The van der Waals surface area contributed by atoms with Gasteiger partial charge >= 0.3 is 6.36 Å². The standard InChI is InChI=1S/C28H27F3N4O/c1-34-12-14-35(15-13-34)25-8-6-24(7-9-25)33-19-23-18-32-17-22-3-2-21(16-27(22)23)20-4-10-26(11-5-20)36-28(29,30)31/h2-11,16-17,19,33H,12-15,18H2,1H3/b23-19+. The van der Waals surface area contributed by atoms with Crippen molar-refractivity contribution in [1.29, 1.82) is 0 Å². The van der Waals surface area contributed by atoms with Crippen LogP contribution in [0.25, 0.3) is 16.7 Å². The molecule has 186 valence electrons. The zero-order valence-corrected chi connectivity index (χ0v) is 19.9. The molecule has 8 heteroatoms. The zero-order chi connectivity index (χ0) is 25.1. The Morgan fingerprint density at radius 1 is 0.889 bits per heavy atom. The largest absolute Gasteiger partial charge is 0.573 e. The summed E-state index contributed by atoms with van der Waals surface area (Å²) in [5, 5.41) is 3.40. The van der Waals surface area contributed by atoms with Crippen molar-refractivity contribution in [2.75, 3.05) is 50.0 Å². The van der Waals surface area contributed by atoms with Crippen LogP contribution >= 0.6 is 0 Å². The number of alkyl halides is 3. The van der Waals surface area contributed by atoms with E-state index in [1.54, 1.807) is 12.1 Å². The monoisotopic (exact) mass is 492 g/mol. The van der Waals surface area contributed by atoms with Gasteiger partial charge in [-0.25, -0.2) is 0 Å². The SMILES string of the molecule is CN1CCN(c2ccc(N/C=C3\CN=Cc4ccc(-c5ccc(OC(F)(F)F)cc5)cc43)cc2)CC1. The molecule has 3 aromatic carbocycles. The van der Waals surface area contributed by atoms with Crippen molar-refractivity contribution in [3.05, 3.63) is 84.1 Å². The van der Waals surface area contributed by atoms with Gasteiger partial charge in [-0.05, 0) is 77.3 Å². The van der Waals surface area contributed by atoms with Crippen LogP contribution in [-0.2, 0) is 0 Å². The van der Waals surface area contributed by atoms with E-state index in [-0.39, 0.29) is 5.75 Å². The van der Waals surface area contributed by atoms with Gasteiger partial charge in [-0.1, -0.05) is 24.3 Å². The first-order valence-electron chi connectivity index (χ1n) is 11.8. The fourth-order valence-electron chi connectivity index (χ4n) is 4.43. The number of hydrogen-bond acceptors (Lipinski definition) is 5. The Kier molecular flexibility index (Phi) is 6.69. The molecular formula is C28H27F3N4O. The summed E-state index contributed by atoms with van der Waals surface area (Å²) in [6.07, 6.45) is -0.879. The van der Waals surface area contributed by atoms with E-state index in [0.717, 1.165) is 59.7 Å². The topological polar surface area (TPSA) is 40.1 Å². The molecule has 0 unspecified atom stereocenters. The van der Waals surface area contributed by atoms with Gasteiger partial charge in [0, 0.05) is 50.0 Å². The van der Waals surface area contributed by atoms with Gasteiger partial charge in [-0.2, -0.15) is 0 Å². The molecular weight excluding hydrogens is 465 g/mol. The Labute approximate surface area is 208 Å². The lowest BCUT2D eigenvalue weighted by atomic mass is 9.93. The Balaban J connectivity index is 1.31. The molecule has 0 spiro atoms.